The van der Waals surface area contributed by atoms with Gasteiger partial charge in [0.15, 0.2) is 0 Å². The summed E-state index contributed by atoms with van der Waals surface area (Å²) < 4.78 is 5.22. The van der Waals surface area contributed by atoms with Gasteiger partial charge in [-0.25, -0.2) is 0 Å². The van der Waals surface area contributed by atoms with Crippen molar-refractivity contribution in [1.29, 1.82) is 0 Å². The van der Waals surface area contributed by atoms with Crippen LogP contribution in [0.5, 0.6) is 0 Å². The highest BCUT2D eigenvalue weighted by Gasteiger charge is 2.19. The number of rotatable bonds is 5. The molecular weight excluding hydrogens is 192 g/mol. The van der Waals surface area contributed by atoms with Crippen LogP contribution in [0.15, 0.2) is 0 Å². The summed E-state index contributed by atoms with van der Waals surface area (Å²) >= 11 is 0. The maximum Gasteiger partial charge on any atom is 0.237 e. The number of carbonyl (C=O) groups excluding carboxylic acids is 1. The highest BCUT2D eigenvalue weighted by molar-refractivity contribution is 5.81. The Bertz CT molecular complexity index is 191. The van der Waals surface area contributed by atoms with Gasteiger partial charge in [0, 0.05) is 19.3 Å². The van der Waals surface area contributed by atoms with Crippen LogP contribution in [0.25, 0.3) is 0 Å². The molecule has 88 valence electrons. The molecule has 1 rings (SSSR count). The second kappa shape index (κ2) is 6.80. The quantitative estimate of drug-likeness (QED) is 0.711. The minimum absolute atomic E-state index is 0.00431. The molecule has 0 bridgehead atoms. The van der Waals surface area contributed by atoms with Gasteiger partial charge in [-0.2, -0.15) is 0 Å². The molecule has 1 heterocycles. The number of carbonyl (C=O) groups is 1. The molecule has 0 aromatic rings. The molecule has 0 spiro atoms. The van der Waals surface area contributed by atoms with Crippen molar-refractivity contribution in [2.24, 2.45) is 5.73 Å². The lowest BCUT2D eigenvalue weighted by atomic mass is 10.1. The molecule has 0 radical (unpaired) electrons. The average Bonchev–Trinajstić information content (AvgIpc) is 2.27. The number of nitrogens with two attached hydrogens (primary N) is 1. The maximum absolute atomic E-state index is 11.6. The number of unbranched alkanes of at least 4 members (excludes halogenated alkanes) is 1. The van der Waals surface area contributed by atoms with Crippen molar-refractivity contribution in [2.75, 3.05) is 13.2 Å². The zero-order valence-electron chi connectivity index (χ0n) is 9.50. The van der Waals surface area contributed by atoms with E-state index in [4.69, 9.17) is 10.5 Å². The van der Waals surface area contributed by atoms with E-state index in [1.165, 1.54) is 0 Å². The van der Waals surface area contributed by atoms with E-state index in [1.54, 1.807) is 0 Å². The zero-order chi connectivity index (χ0) is 11.1. The third-order valence-corrected chi connectivity index (χ3v) is 2.77. The maximum atomic E-state index is 11.6. The molecule has 1 atom stereocenters. The average molecular weight is 214 g/mol. The standard InChI is InChI=1S/C11H22N2O2/c1-2-3-4-10(12)11(14)13-9-5-7-15-8-6-9/h9-10H,2-8,12H2,1H3,(H,13,14)/t10-/m0/s1. The summed E-state index contributed by atoms with van der Waals surface area (Å²) in [6.07, 6.45) is 4.70. The van der Waals surface area contributed by atoms with Crippen molar-refractivity contribution < 1.29 is 9.53 Å². The fraction of sp³-hybridized carbons (Fsp3) is 0.909. The van der Waals surface area contributed by atoms with Crippen molar-refractivity contribution in [3.8, 4) is 0 Å². The summed E-state index contributed by atoms with van der Waals surface area (Å²) in [6.45, 7) is 3.59. The van der Waals surface area contributed by atoms with Crippen molar-refractivity contribution >= 4 is 5.91 Å². The van der Waals surface area contributed by atoms with Crippen molar-refractivity contribution in [2.45, 2.75) is 51.1 Å². The zero-order valence-corrected chi connectivity index (χ0v) is 9.50. The molecule has 4 heteroatoms. The van der Waals surface area contributed by atoms with Gasteiger partial charge in [0.25, 0.3) is 0 Å². The monoisotopic (exact) mass is 214 g/mol. The van der Waals surface area contributed by atoms with Crippen LogP contribution in [-0.4, -0.2) is 31.2 Å². The number of amides is 1. The smallest absolute Gasteiger partial charge is 0.237 e. The number of ether oxygens (including phenoxy) is 1. The summed E-state index contributed by atoms with van der Waals surface area (Å²) in [4.78, 5) is 11.6. The molecule has 1 amide bonds. The Kier molecular flexibility index (Phi) is 5.65. The molecule has 1 aliphatic heterocycles. The lowest BCUT2D eigenvalue weighted by molar-refractivity contribution is -0.123. The molecule has 0 unspecified atom stereocenters. The van der Waals surface area contributed by atoms with E-state index in [0.717, 1.165) is 45.3 Å². The SMILES string of the molecule is CCCC[C@H](N)C(=O)NC1CCOCC1. The first-order chi connectivity index (χ1) is 7.24. The molecule has 1 fully saturated rings. The van der Waals surface area contributed by atoms with Gasteiger partial charge in [-0.05, 0) is 19.3 Å². The Morgan fingerprint density at radius 2 is 2.20 bits per heavy atom. The van der Waals surface area contributed by atoms with E-state index < -0.39 is 0 Å². The van der Waals surface area contributed by atoms with Gasteiger partial charge in [-0.15, -0.1) is 0 Å². The van der Waals surface area contributed by atoms with Crippen LogP contribution in [0.3, 0.4) is 0 Å². The molecule has 1 saturated heterocycles. The van der Waals surface area contributed by atoms with Crippen LogP contribution in [-0.2, 0) is 9.53 Å². The van der Waals surface area contributed by atoms with E-state index >= 15 is 0 Å². The lowest BCUT2D eigenvalue weighted by Crippen LogP contribution is -2.47. The Labute approximate surface area is 91.5 Å². The first-order valence-corrected chi connectivity index (χ1v) is 5.87. The molecule has 15 heavy (non-hydrogen) atoms. The minimum atomic E-state index is -0.340. The van der Waals surface area contributed by atoms with E-state index in [2.05, 4.69) is 12.2 Å². The van der Waals surface area contributed by atoms with Crippen molar-refractivity contribution in [3.05, 3.63) is 0 Å². The van der Waals surface area contributed by atoms with Crippen LogP contribution in [0.1, 0.15) is 39.0 Å². The highest BCUT2D eigenvalue weighted by atomic mass is 16.5. The molecule has 1 aliphatic rings. The van der Waals surface area contributed by atoms with Crippen molar-refractivity contribution in [3.63, 3.8) is 0 Å². The number of hydrogen-bond acceptors (Lipinski definition) is 3. The first-order valence-electron chi connectivity index (χ1n) is 5.87. The normalized spacial score (nSPS) is 19.9. The molecule has 3 N–H and O–H groups in total. The summed E-state index contributed by atoms with van der Waals surface area (Å²) in [5.74, 6) is -0.00431. The summed E-state index contributed by atoms with van der Waals surface area (Å²) in [6, 6.07) is -0.0771. The van der Waals surface area contributed by atoms with E-state index in [0.29, 0.717) is 0 Å². The van der Waals surface area contributed by atoms with Crippen LogP contribution in [0, 0.1) is 0 Å². The van der Waals surface area contributed by atoms with E-state index in [9.17, 15) is 4.79 Å². The summed E-state index contributed by atoms with van der Waals surface area (Å²) in [5, 5.41) is 2.98. The second-order valence-corrected chi connectivity index (χ2v) is 4.14. The van der Waals surface area contributed by atoms with Gasteiger partial charge in [0.1, 0.15) is 0 Å². The highest BCUT2D eigenvalue weighted by Crippen LogP contribution is 2.07. The second-order valence-electron chi connectivity index (χ2n) is 4.14. The molecule has 0 aromatic carbocycles. The lowest BCUT2D eigenvalue weighted by Gasteiger charge is -2.24. The Morgan fingerprint density at radius 1 is 1.53 bits per heavy atom. The van der Waals surface area contributed by atoms with Gasteiger partial charge in [-0.3, -0.25) is 4.79 Å². The fourth-order valence-corrected chi connectivity index (χ4v) is 1.71. The van der Waals surface area contributed by atoms with Gasteiger partial charge in [0.05, 0.1) is 6.04 Å². The van der Waals surface area contributed by atoms with Gasteiger partial charge < -0.3 is 15.8 Å². The van der Waals surface area contributed by atoms with E-state index in [-0.39, 0.29) is 18.0 Å². The Morgan fingerprint density at radius 3 is 2.80 bits per heavy atom. The van der Waals surface area contributed by atoms with Crippen LogP contribution < -0.4 is 11.1 Å². The largest absolute Gasteiger partial charge is 0.381 e. The van der Waals surface area contributed by atoms with Gasteiger partial charge >= 0.3 is 0 Å². The Balaban J connectivity index is 2.20. The van der Waals surface area contributed by atoms with Gasteiger partial charge in [0.2, 0.25) is 5.91 Å². The molecule has 4 nitrogen and oxygen atoms in total. The van der Waals surface area contributed by atoms with Crippen LogP contribution >= 0.6 is 0 Å². The van der Waals surface area contributed by atoms with Crippen molar-refractivity contribution in [1.82, 2.24) is 5.32 Å². The predicted molar refractivity (Wildman–Crippen MR) is 59.5 cm³/mol. The summed E-state index contributed by atoms with van der Waals surface area (Å²) in [5.41, 5.74) is 5.78. The number of hydrogen-bond donors (Lipinski definition) is 2. The minimum Gasteiger partial charge on any atom is -0.381 e. The third kappa shape index (κ3) is 4.62. The predicted octanol–water partition coefficient (Wildman–Crippen LogP) is 0.799. The molecular formula is C11H22N2O2. The van der Waals surface area contributed by atoms with Gasteiger partial charge in [-0.1, -0.05) is 19.8 Å². The fourth-order valence-electron chi connectivity index (χ4n) is 1.71. The van der Waals surface area contributed by atoms with Crippen LogP contribution in [0.2, 0.25) is 0 Å². The first kappa shape index (κ1) is 12.5. The Hall–Kier alpha value is -0.610. The summed E-state index contributed by atoms with van der Waals surface area (Å²) in [7, 11) is 0. The molecule has 0 aliphatic carbocycles. The third-order valence-electron chi connectivity index (χ3n) is 2.77. The molecule has 0 saturated carbocycles. The van der Waals surface area contributed by atoms with Crippen LogP contribution in [0.4, 0.5) is 0 Å². The van der Waals surface area contributed by atoms with E-state index in [1.807, 2.05) is 0 Å². The number of nitrogens with one attached hydrogen (secondary N) is 1. The molecule has 0 aromatic heterocycles. The topological polar surface area (TPSA) is 64.4 Å².